The second kappa shape index (κ2) is 5.59. The third-order valence-corrected chi connectivity index (χ3v) is 2.46. The van der Waals surface area contributed by atoms with Gasteiger partial charge in [-0.25, -0.2) is 0 Å². The van der Waals surface area contributed by atoms with Crippen LogP contribution in [0.4, 0.5) is 11.4 Å². The van der Waals surface area contributed by atoms with Crippen LogP contribution in [0.5, 0.6) is 0 Å². The summed E-state index contributed by atoms with van der Waals surface area (Å²) < 4.78 is 0. The fraction of sp³-hybridized carbons (Fsp3) is 0.182. The number of amidine groups is 1. The van der Waals surface area contributed by atoms with Gasteiger partial charge in [0.2, 0.25) is 5.71 Å². The number of nitro benzene ring substituents is 1. The zero-order valence-corrected chi connectivity index (χ0v) is 10.4. The van der Waals surface area contributed by atoms with Gasteiger partial charge >= 0.3 is 0 Å². The van der Waals surface area contributed by atoms with E-state index in [1.165, 1.54) is 6.07 Å². The van der Waals surface area contributed by atoms with Crippen molar-refractivity contribution in [1.29, 1.82) is 10.7 Å². The molecule has 0 aromatic heterocycles. The second-order valence-corrected chi connectivity index (χ2v) is 3.81. The molecule has 0 amide bonds. The Bertz CT molecular complexity index is 614. The maximum atomic E-state index is 10.9. The summed E-state index contributed by atoms with van der Waals surface area (Å²) in [7, 11) is 0. The van der Waals surface area contributed by atoms with Gasteiger partial charge in [0, 0.05) is 6.07 Å². The van der Waals surface area contributed by atoms with Crippen LogP contribution in [-0.2, 0) is 0 Å². The van der Waals surface area contributed by atoms with Crippen molar-refractivity contribution in [2.24, 2.45) is 10.8 Å². The molecule has 0 unspecified atom stereocenters. The summed E-state index contributed by atoms with van der Waals surface area (Å²) in [6, 6.07) is 4.57. The molecule has 0 saturated heterocycles. The lowest BCUT2D eigenvalue weighted by Crippen LogP contribution is -2.22. The molecule has 0 aliphatic rings. The van der Waals surface area contributed by atoms with Gasteiger partial charge in [-0.3, -0.25) is 20.9 Å². The number of aryl methyl sites for hydroxylation is 2. The molecule has 0 aliphatic carbocycles. The Morgan fingerprint density at radius 1 is 1.53 bits per heavy atom. The van der Waals surface area contributed by atoms with E-state index in [0.29, 0.717) is 0 Å². The van der Waals surface area contributed by atoms with Crippen LogP contribution in [0.2, 0.25) is 0 Å². The summed E-state index contributed by atoms with van der Waals surface area (Å²) >= 11 is 0. The number of hydrogen-bond acceptors (Lipinski definition) is 6. The molecule has 0 saturated carbocycles. The quantitative estimate of drug-likeness (QED) is 0.325. The summed E-state index contributed by atoms with van der Waals surface area (Å²) in [6.07, 6.45) is 0. The van der Waals surface area contributed by atoms with E-state index in [4.69, 9.17) is 16.4 Å². The van der Waals surface area contributed by atoms with Crippen molar-refractivity contribution in [1.82, 2.24) is 0 Å². The van der Waals surface area contributed by atoms with Crippen molar-refractivity contribution in [2.75, 3.05) is 5.43 Å². The normalized spacial score (nSPS) is 10.7. The Labute approximate surface area is 109 Å². The van der Waals surface area contributed by atoms with Crippen LogP contribution in [-0.4, -0.2) is 16.5 Å². The molecule has 1 rings (SSSR count). The molecule has 0 heterocycles. The van der Waals surface area contributed by atoms with Crippen molar-refractivity contribution in [3.63, 3.8) is 0 Å². The van der Waals surface area contributed by atoms with Crippen molar-refractivity contribution < 1.29 is 4.92 Å². The standard InChI is InChI=1S/C11H12N6O2/c1-6-3-8(10(17(18)19)4-7(6)2)15-16-9(5-12)11(13)14/h3-4,15H,1-2H3,(H3,13,14)/b16-9+. The first-order valence-corrected chi connectivity index (χ1v) is 5.20. The summed E-state index contributed by atoms with van der Waals surface area (Å²) in [5.74, 6) is -0.513. The zero-order valence-electron chi connectivity index (χ0n) is 10.4. The third kappa shape index (κ3) is 3.26. The maximum Gasteiger partial charge on any atom is 0.294 e. The van der Waals surface area contributed by atoms with Gasteiger partial charge in [0.15, 0.2) is 5.84 Å². The molecule has 1 aromatic rings. The van der Waals surface area contributed by atoms with Crippen molar-refractivity contribution in [2.45, 2.75) is 13.8 Å². The first-order valence-electron chi connectivity index (χ1n) is 5.20. The third-order valence-electron chi connectivity index (χ3n) is 2.46. The van der Waals surface area contributed by atoms with Gasteiger partial charge in [0.1, 0.15) is 11.8 Å². The summed E-state index contributed by atoms with van der Waals surface area (Å²) in [6.45, 7) is 3.55. The van der Waals surface area contributed by atoms with Crippen LogP contribution >= 0.6 is 0 Å². The van der Waals surface area contributed by atoms with E-state index in [1.54, 1.807) is 26.0 Å². The topological polar surface area (TPSA) is 141 Å². The molecule has 4 N–H and O–H groups in total. The number of hydrogen-bond donors (Lipinski definition) is 3. The Kier molecular flexibility index (Phi) is 4.15. The number of anilines is 1. The Hall–Kier alpha value is -2.95. The van der Waals surface area contributed by atoms with E-state index >= 15 is 0 Å². The number of rotatable bonds is 4. The van der Waals surface area contributed by atoms with Gasteiger partial charge in [-0.15, -0.1) is 0 Å². The van der Waals surface area contributed by atoms with Crippen molar-refractivity contribution >= 4 is 22.9 Å². The fourth-order valence-electron chi connectivity index (χ4n) is 1.30. The van der Waals surface area contributed by atoms with E-state index in [9.17, 15) is 10.1 Å². The van der Waals surface area contributed by atoms with E-state index in [-0.39, 0.29) is 17.1 Å². The molecule has 0 spiro atoms. The minimum Gasteiger partial charge on any atom is -0.382 e. The van der Waals surface area contributed by atoms with E-state index in [2.05, 4.69) is 10.5 Å². The molecule has 0 bridgehead atoms. The first-order chi connectivity index (χ1) is 8.86. The largest absolute Gasteiger partial charge is 0.382 e. The number of nitro groups is 1. The zero-order chi connectivity index (χ0) is 14.6. The summed E-state index contributed by atoms with van der Waals surface area (Å²) in [5, 5.41) is 30.3. The van der Waals surface area contributed by atoms with Crippen LogP contribution in [0, 0.1) is 40.7 Å². The number of nitrogens with two attached hydrogens (primary N) is 1. The lowest BCUT2D eigenvalue weighted by atomic mass is 10.1. The highest BCUT2D eigenvalue weighted by Crippen LogP contribution is 2.27. The maximum absolute atomic E-state index is 10.9. The minimum absolute atomic E-state index is 0.141. The van der Waals surface area contributed by atoms with Gasteiger partial charge in [-0.05, 0) is 31.0 Å². The van der Waals surface area contributed by atoms with E-state index < -0.39 is 10.8 Å². The van der Waals surface area contributed by atoms with Crippen LogP contribution in [0.25, 0.3) is 0 Å². The molecule has 0 atom stereocenters. The number of benzene rings is 1. The SMILES string of the molecule is Cc1cc(N/N=C(\C#N)C(=N)N)c([N+](=O)[O-])cc1C. The molecule has 8 heteroatoms. The van der Waals surface area contributed by atoms with Crippen LogP contribution in [0.3, 0.4) is 0 Å². The Morgan fingerprint density at radius 2 is 2.11 bits per heavy atom. The van der Waals surface area contributed by atoms with Gasteiger partial charge in [-0.1, -0.05) is 0 Å². The lowest BCUT2D eigenvalue weighted by Gasteiger charge is -2.06. The monoisotopic (exact) mass is 260 g/mol. The predicted molar refractivity (Wildman–Crippen MR) is 71.2 cm³/mol. The van der Waals surface area contributed by atoms with Gasteiger partial charge in [-0.2, -0.15) is 10.4 Å². The van der Waals surface area contributed by atoms with Gasteiger partial charge in [0.25, 0.3) is 5.69 Å². The average molecular weight is 260 g/mol. The van der Waals surface area contributed by atoms with Crippen molar-refractivity contribution in [3.8, 4) is 6.07 Å². The number of nitriles is 1. The highest BCUT2D eigenvalue weighted by atomic mass is 16.6. The smallest absolute Gasteiger partial charge is 0.294 e. The molecule has 19 heavy (non-hydrogen) atoms. The molecule has 0 fully saturated rings. The summed E-state index contributed by atoms with van der Waals surface area (Å²) in [5.41, 5.74) is 8.77. The molecule has 0 aliphatic heterocycles. The Balaban J connectivity index is 3.21. The molecule has 8 nitrogen and oxygen atoms in total. The predicted octanol–water partition coefficient (Wildman–Crippen LogP) is 1.44. The average Bonchev–Trinajstić information content (AvgIpc) is 2.33. The number of nitrogens with zero attached hydrogens (tertiary/aromatic N) is 3. The number of nitrogens with one attached hydrogen (secondary N) is 2. The minimum atomic E-state index is -0.551. The fourth-order valence-corrected chi connectivity index (χ4v) is 1.30. The Morgan fingerprint density at radius 3 is 2.58 bits per heavy atom. The molecule has 1 aromatic carbocycles. The highest BCUT2D eigenvalue weighted by molar-refractivity contribution is 6.45. The molecule has 98 valence electrons. The number of hydrazone groups is 1. The molecular weight excluding hydrogens is 248 g/mol. The van der Waals surface area contributed by atoms with Crippen LogP contribution in [0.1, 0.15) is 11.1 Å². The van der Waals surface area contributed by atoms with Crippen molar-refractivity contribution in [3.05, 3.63) is 33.4 Å². The van der Waals surface area contributed by atoms with E-state index in [0.717, 1.165) is 11.1 Å². The lowest BCUT2D eigenvalue weighted by molar-refractivity contribution is -0.384. The van der Waals surface area contributed by atoms with E-state index in [1.807, 2.05) is 0 Å². The summed E-state index contributed by atoms with van der Waals surface area (Å²) in [4.78, 5) is 10.4. The molecule has 0 radical (unpaired) electrons. The highest BCUT2D eigenvalue weighted by Gasteiger charge is 2.15. The second-order valence-electron chi connectivity index (χ2n) is 3.81. The van der Waals surface area contributed by atoms with Gasteiger partial charge < -0.3 is 5.73 Å². The van der Waals surface area contributed by atoms with Gasteiger partial charge in [0.05, 0.1) is 4.92 Å². The first kappa shape index (κ1) is 14.1. The van der Waals surface area contributed by atoms with Crippen LogP contribution < -0.4 is 11.2 Å². The molecular formula is C11H12N6O2. The van der Waals surface area contributed by atoms with Crippen LogP contribution in [0.15, 0.2) is 17.2 Å².